The molecule has 4 rings (SSSR count). The molecule has 24 heavy (non-hydrogen) atoms. The Balaban J connectivity index is 1.46. The number of rotatable bonds is 3. The van der Waals surface area contributed by atoms with Gasteiger partial charge >= 0.3 is 0 Å². The minimum atomic E-state index is 0.956. The highest BCUT2D eigenvalue weighted by Crippen LogP contribution is 2.19. The van der Waals surface area contributed by atoms with E-state index in [0.717, 1.165) is 44.1 Å². The van der Waals surface area contributed by atoms with E-state index in [4.69, 9.17) is 4.98 Å². The molecule has 0 radical (unpaired) electrons. The molecule has 0 spiro atoms. The van der Waals surface area contributed by atoms with E-state index in [1.807, 2.05) is 13.0 Å². The third-order valence-corrected chi connectivity index (χ3v) is 5.16. The molecule has 2 aromatic heterocycles. The number of nitrogens with zero attached hydrogens (tertiary/aromatic N) is 6. The van der Waals surface area contributed by atoms with Crippen molar-refractivity contribution in [3.05, 3.63) is 35.5 Å². The van der Waals surface area contributed by atoms with Crippen molar-refractivity contribution in [3.8, 4) is 0 Å². The van der Waals surface area contributed by atoms with Crippen LogP contribution >= 0.6 is 0 Å². The minimum Gasteiger partial charge on any atom is -0.353 e. The molecular formula is C18H26N6. The monoisotopic (exact) mass is 326 g/mol. The van der Waals surface area contributed by atoms with Crippen LogP contribution in [0.25, 0.3) is 0 Å². The average Bonchev–Trinajstić information content (AvgIpc) is 2.86. The van der Waals surface area contributed by atoms with Crippen LogP contribution in [0, 0.1) is 6.92 Å². The summed E-state index contributed by atoms with van der Waals surface area (Å²) in [5.41, 5.74) is 2.33. The molecule has 2 aliphatic heterocycles. The first kappa shape index (κ1) is 15.6. The van der Waals surface area contributed by atoms with E-state index in [2.05, 4.69) is 36.8 Å². The van der Waals surface area contributed by atoms with E-state index in [-0.39, 0.29) is 0 Å². The normalized spacial score (nSPS) is 19.1. The smallest absolute Gasteiger partial charge is 0.151 e. The summed E-state index contributed by atoms with van der Waals surface area (Å²) >= 11 is 0. The summed E-state index contributed by atoms with van der Waals surface area (Å²) in [6, 6.07) is 4.11. The van der Waals surface area contributed by atoms with Crippen LogP contribution in [-0.4, -0.2) is 50.8 Å². The Morgan fingerprint density at radius 3 is 2.62 bits per heavy atom. The van der Waals surface area contributed by atoms with Gasteiger partial charge in [0.2, 0.25) is 0 Å². The highest BCUT2D eigenvalue weighted by molar-refractivity contribution is 5.37. The van der Waals surface area contributed by atoms with Crippen LogP contribution in [0.5, 0.6) is 0 Å². The van der Waals surface area contributed by atoms with Gasteiger partial charge in [0.15, 0.2) is 5.82 Å². The fourth-order valence-corrected chi connectivity index (χ4v) is 3.76. The second kappa shape index (κ2) is 6.89. The van der Waals surface area contributed by atoms with Crippen molar-refractivity contribution in [2.24, 2.45) is 0 Å². The van der Waals surface area contributed by atoms with E-state index in [9.17, 15) is 0 Å². The number of anilines is 1. The van der Waals surface area contributed by atoms with Gasteiger partial charge in [0.25, 0.3) is 0 Å². The Labute approximate surface area is 143 Å². The van der Waals surface area contributed by atoms with Crippen LogP contribution < -0.4 is 4.90 Å². The van der Waals surface area contributed by atoms with Gasteiger partial charge in [-0.3, -0.25) is 4.90 Å². The number of hydrogen-bond acceptors (Lipinski definition) is 5. The standard InChI is InChI=1S/C18H26N6/c1-15-5-6-18(21-20-15)23-10-7-17-19-13-16(24(17)12-11-23)14-22-8-3-2-4-9-22/h5-6,13H,2-4,7-12,14H2,1H3. The fraction of sp³-hybridized carbons (Fsp3) is 0.611. The van der Waals surface area contributed by atoms with Gasteiger partial charge in [-0.1, -0.05) is 6.42 Å². The van der Waals surface area contributed by atoms with Crippen LogP contribution in [0.4, 0.5) is 5.82 Å². The Hall–Kier alpha value is -1.95. The Bertz CT molecular complexity index is 671. The molecule has 0 saturated carbocycles. The van der Waals surface area contributed by atoms with Crippen molar-refractivity contribution in [1.82, 2.24) is 24.6 Å². The summed E-state index contributed by atoms with van der Waals surface area (Å²) in [6.45, 7) is 8.37. The first-order valence-electron chi connectivity index (χ1n) is 9.10. The summed E-state index contributed by atoms with van der Waals surface area (Å²) in [4.78, 5) is 9.59. The Morgan fingerprint density at radius 1 is 0.958 bits per heavy atom. The van der Waals surface area contributed by atoms with E-state index in [0.29, 0.717) is 0 Å². The number of fused-ring (bicyclic) bond motifs is 1. The van der Waals surface area contributed by atoms with Gasteiger partial charge in [0.1, 0.15) is 5.82 Å². The van der Waals surface area contributed by atoms with E-state index in [1.165, 1.54) is 43.9 Å². The van der Waals surface area contributed by atoms with Crippen molar-refractivity contribution in [3.63, 3.8) is 0 Å². The molecule has 6 nitrogen and oxygen atoms in total. The molecule has 0 bridgehead atoms. The van der Waals surface area contributed by atoms with E-state index in [1.54, 1.807) is 0 Å². The molecule has 2 aromatic rings. The van der Waals surface area contributed by atoms with E-state index >= 15 is 0 Å². The summed E-state index contributed by atoms with van der Waals surface area (Å²) in [5.74, 6) is 2.19. The first-order valence-corrected chi connectivity index (χ1v) is 9.10. The molecule has 0 unspecified atom stereocenters. The molecule has 2 aliphatic rings. The second-order valence-electron chi connectivity index (χ2n) is 6.92. The van der Waals surface area contributed by atoms with Gasteiger partial charge < -0.3 is 9.47 Å². The van der Waals surface area contributed by atoms with Crippen molar-refractivity contribution in [2.45, 2.75) is 45.7 Å². The molecule has 0 aliphatic carbocycles. The van der Waals surface area contributed by atoms with E-state index < -0.39 is 0 Å². The largest absolute Gasteiger partial charge is 0.353 e. The van der Waals surface area contributed by atoms with Gasteiger partial charge in [0.05, 0.1) is 11.4 Å². The SMILES string of the molecule is Cc1ccc(N2CCc3ncc(CN4CCCCC4)n3CC2)nn1. The molecule has 0 aromatic carbocycles. The lowest BCUT2D eigenvalue weighted by Crippen LogP contribution is -2.31. The lowest BCUT2D eigenvalue weighted by Gasteiger charge is -2.26. The van der Waals surface area contributed by atoms with Crippen LogP contribution in [0.1, 0.15) is 36.5 Å². The Kier molecular flexibility index (Phi) is 4.47. The Morgan fingerprint density at radius 2 is 1.83 bits per heavy atom. The third kappa shape index (κ3) is 3.29. The maximum absolute atomic E-state index is 4.70. The molecule has 1 fully saturated rings. The molecule has 0 N–H and O–H groups in total. The molecule has 0 atom stereocenters. The molecular weight excluding hydrogens is 300 g/mol. The van der Waals surface area contributed by atoms with Crippen LogP contribution in [0.15, 0.2) is 18.3 Å². The molecule has 4 heterocycles. The van der Waals surface area contributed by atoms with Gasteiger partial charge in [-0.05, 0) is 45.0 Å². The average molecular weight is 326 g/mol. The summed E-state index contributed by atoms with van der Waals surface area (Å²) in [5, 5.41) is 8.54. The van der Waals surface area contributed by atoms with Crippen molar-refractivity contribution >= 4 is 5.82 Å². The maximum Gasteiger partial charge on any atom is 0.151 e. The lowest BCUT2D eigenvalue weighted by atomic mass is 10.1. The highest BCUT2D eigenvalue weighted by atomic mass is 15.3. The number of imidazole rings is 1. The van der Waals surface area contributed by atoms with Crippen molar-refractivity contribution < 1.29 is 0 Å². The first-order chi connectivity index (χ1) is 11.8. The highest BCUT2D eigenvalue weighted by Gasteiger charge is 2.20. The number of hydrogen-bond donors (Lipinski definition) is 0. The quantitative estimate of drug-likeness (QED) is 0.864. The maximum atomic E-state index is 4.70. The molecule has 6 heteroatoms. The van der Waals surface area contributed by atoms with Crippen LogP contribution in [-0.2, 0) is 19.5 Å². The molecule has 0 amide bonds. The number of likely N-dealkylation sites (tertiary alicyclic amines) is 1. The van der Waals surface area contributed by atoms with Gasteiger partial charge in [-0.2, -0.15) is 5.10 Å². The predicted octanol–water partition coefficient (Wildman–Crippen LogP) is 2.03. The van der Waals surface area contributed by atoms with Gasteiger partial charge in [-0.25, -0.2) is 4.98 Å². The van der Waals surface area contributed by atoms with Crippen molar-refractivity contribution in [1.29, 1.82) is 0 Å². The van der Waals surface area contributed by atoms with Crippen LogP contribution in [0.2, 0.25) is 0 Å². The zero-order valence-electron chi connectivity index (χ0n) is 14.5. The number of piperidine rings is 1. The fourth-order valence-electron chi connectivity index (χ4n) is 3.76. The number of aryl methyl sites for hydroxylation is 1. The zero-order valence-corrected chi connectivity index (χ0v) is 14.5. The summed E-state index contributed by atoms with van der Waals surface area (Å²) in [7, 11) is 0. The predicted molar refractivity (Wildman–Crippen MR) is 94.0 cm³/mol. The lowest BCUT2D eigenvalue weighted by molar-refractivity contribution is 0.216. The number of aromatic nitrogens is 4. The minimum absolute atomic E-state index is 0.956. The molecule has 128 valence electrons. The summed E-state index contributed by atoms with van der Waals surface area (Å²) < 4.78 is 2.43. The second-order valence-corrected chi connectivity index (χ2v) is 6.92. The summed E-state index contributed by atoms with van der Waals surface area (Å²) in [6.07, 6.45) is 7.11. The van der Waals surface area contributed by atoms with Crippen molar-refractivity contribution in [2.75, 3.05) is 31.1 Å². The van der Waals surface area contributed by atoms with Gasteiger partial charge in [-0.15, -0.1) is 5.10 Å². The topological polar surface area (TPSA) is 50.1 Å². The zero-order chi connectivity index (χ0) is 16.4. The van der Waals surface area contributed by atoms with Crippen LogP contribution in [0.3, 0.4) is 0 Å². The van der Waals surface area contributed by atoms with Gasteiger partial charge in [0, 0.05) is 38.8 Å². The third-order valence-electron chi connectivity index (χ3n) is 5.16. The molecule has 1 saturated heterocycles.